The number of rotatable bonds is 6. The third-order valence-corrected chi connectivity index (χ3v) is 3.40. The van der Waals surface area contributed by atoms with Crippen LogP contribution < -0.4 is 16.0 Å². The van der Waals surface area contributed by atoms with Crippen molar-refractivity contribution in [3.63, 3.8) is 0 Å². The van der Waals surface area contributed by atoms with Gasteiger partial charge in [-0.15, -0.1) is 0 Å². The summed E-state index contributed by atoms with van der Waals surface area (Å²) >= 11 is 0. The first-order chi connectivity index (χ1) is 11.4. The third-order valence-electron chi connectivity index (χ3n) is 3.40. The lowest BCUT2D eigenvalue weighted by atomic mass is 9.97. The number of ketones is 1. The monoisotopic (exact) mass is 328 g/mol. The molecule has 0 unspecified atom stereocenters. The van der Waals surface area contributed by atoms with Gasteiger partial charge >= 0.3 is 6.03 Å². The van der Waals surface area contributed by atoms with Gasteiger partial charge in [0.2, 0.25) is 5.91 Å². The molecule has 7 nitrogen and oxygen atoms in total. The van der Waals surface area contributed by atoms with Crippen LogP contribution in [0.1, 0.15) is 37.0 Å². The molecule has 7 heteroatoms. The van der Waals surface area contributed by atoms with Crippen molar-refractivity contribution in [2.45, 2.75) is 38.8 Å². The number of hydrogen-bond donors (Lipinski definition) is 3. The summed E-state index contributed by atoms with van der Waals surface area (Å²) in [5, 5.41) is 17.1. The van der Waals surface area contributed by atoms with Crippen molar-refractivity contribution >= 4 is 23.4 Å². The molecule has 0 aromatic heterocycles. The molecule has 126 valence electrons. The second kappa shape index (κ2) is 7.59. The Kier molecular flexibility index (Phi) is 5.53. The van der Waals surface area contributed by atoms with Crippen LogP contribution in [0.25, 0.3) is 0 Å². The van der Waals surface area contributed by atoms with Crippen molar-refractivity contribution < 1.29 is 14.4 Å². The van der Waals surface area contributed by atoms with Crippen LogP contribution in [0.5, 0.6) is 0 Å². The predicted molar refractivity (Wildman–Crippen MR) is 88.3 cm³/mol. The molecule has 1 fully saturated rings. The lowest BCUT2D eigenvalue weighted by Crippen LogP contribution is -2.38. The fourth-order valence-electron chi connectivity index (χ4n) is 2.10. The molecule has 0 saturated heterocycles. The summed E-state index contributed by atoms with van der Waals surface area (Å²) in [4.78, 5) is 36.1. The van der Waals surface area contributed by atoms with Gasteiger partial charge in [0, 0.05) is 23.3 Å². The van der Waals surface area contributed by atoms with Crippen LogP contribution in [-0.4, -0.2) is 29.8 Å². The topological polar surface area (TPSA) is 111 Å². The lowest BCUT2D eigenvalue weighted by Gasteiger charge is -2.13. The van der Waals surface area contributed by atoms with Crippen molar-refractivity contribution in [2.24, 2.45) is 5.92 Å². The minimum absolute atomic E-state index is 0.166. The van der Waals surface area contributed by atoms with Gasteiger partial charge in [0.25, 0.3) is 0 Å². The van der Waals surface area contributed by atoms with Gasteiger partial charge in [-0.3, -0.25) is 9.59 Å². The second-order valence-corrected chi connectivity index (χ2v) is 6.04. The first-order valence-electron chi connectivity index (χ1n) is 7.82. The highest BCUT2D eigenvalue weighted by atomic mass is 16.2. The van der Waals surface area contributed by atoms with E-state index in [0.29, 0.717) is 5.69 Å². The molecule has 1 atom stereocenters. The first-order valence-corrected chi connectivity index (χ1v) is 7.82. The van der Waals surface area contributed by atoms with E-state index in [1.54, 1.807) is 32.0 Å². The maximum Gasteiger partial charge on any atom is 0.319 e. The van der Waals surface area contributed by atoms with E-state index >= 15 is 0 Å². The van der Waals surface area contributed by atoms with Crippen LogP contribution in [0, 0.1) is 17.2 Å². The van der Waals surface area contributed by atoms with E-state index < -0.39 is 17.6 Å². The van der Waals surface area contributed by atoms with Crippen LogP contribution in [-0.2, 0) is 4.79 Å². The fraction of sp³-hybridized carbons (Fsp3) is 0.412. The zero-order valence-electron chi connectivity index (χ0n) is 13.6. The Morgan fingerprint density at radius 1 is 1.25 bits per heavy atom. The Labute approximate surface area is 140 Å². The lowest BCUT2D eigenvalue weighted by molar-refractivity contribution is -0.122. The molecular formula is C17H20N4O3. The summed E-state index contributed by atoms with van der Waals surface area (Å²) < 4.78 is 0. The normalized spacial score (nSPS) is 14.4. The number of nitrogens with one attached hydrogen (secondary N) is 3. The van der Waals surface area contributed by atoms with Crippen molar-refractivity contribution in [3.8, 4) is 6.07 Å². The summed E-state index contributed by atoms with van der Waals surface area (Å²) in [6.07, 6.45) is 1.95. The molecule has 0 bridgehead atoms. The van der Waals surface area contributed by atoms with Crippen molar-refractivity contribution in [3.05, 3.63) is 29.8 Å². The van der Waals surface area contributed by atoms with E-state index in [9.17, 15) is 14.4 Å². The second-order valence-electron chi connectivity index (χ2n) is 6.04. The highest BCUT2D eigenvalue weighted by molar-refractivity contribution is 6.12. The highest BCUT2D eigenvalue weighted by Gasteiger charge is 2.28. The van der Waals surface area contributed by atoms with Gasteiger partial charge in [0.15, 0.2) is 11.7 Å². The number of amides is 3. The molecule has 24 heavy (non-hydrogen) atoms. The van der Waals surface area contributed by atoms with Crippen molar-refractivity contribution in [1.29, 1.82) is 5.26 Å². The van der Waals surface area contributed by atoms with Crippen LogP contribution in [0.4, 0.5) is 10.5 Å². The van der Waals surface area contributed by atoms with Crippen molar-refractivity contribution in [2.75, 3.05) is 5.32 Å². The van der Waals surface area contributed by atoms with Gasteiger partial charge < -0.3 is 16.0 Å². The smallest absolute Gasteiger partial charge is 0.319 e. The number of benzene rings is 1. The van der Waals surface area contributed by atoms with E-state index in [1.807, 2.05) is 0 Å². The number of Topliss-reactive ketones (excluding diaryl/α,β-unsaturated/α-hetero) is 1. The van der Waals surface area contributed by atoms with E-state index in [1.165, 1.54) is 12.1 Å². The molecule has 3 N–H and O–H groups in total. The summed E-state index contributed by atoms with van der Waals surface area (Å²) in [6.45, 7) is 3.50. The molecule has 1 aromatic rings. The molecule has 2 rings (SSSR count). The number of hydrogen-bond acceptors (Lipinski definition) is 4. The average molecular weight is 328 g/mol. The first kappa shape index (κ1) is 17.5. The average Bonchev–Trinajstić information content (AvgIpc) is 3.31. The van der Waals surface area contributed by atoms with E-state index in [-0.39, 0.29) is 23.7 Å². The quantitative estimate of drug-likeness (QED) is 0.546. The number of carbonyl (C=O) groups is 3. The molecule has 0 aliphatic heterocycles. The summed E-state index contributed by atoms with van der Waals surface area (Å²) in [5.41, 5.74) is 0.629. The van der Waals surface area contributed by atoms with E-state index in [0.717, 1.165) is 12.8 Å². The van der Waals surface area contributed by atoms with Gasteiger partial charge in [-0.25, -0.2) is 4.79 Å². The number of nitriles is 1. The fourth-order valence-corrected chi connectivity index (χ4v) is 2.10. The molecular weight excluding hydrogens is 308 g/mol. The maximum absolute atomic E-state index is 12.4. The molecule has 3 amide bonds. The highest BCUT2D eigenvalue weighted by Crippen LogP contribution is 2.19. The molecule has 1 aliphatic carbocycles. The molecule has 0 spiro atoms. The van der Waals surface area contributed by atoms with Gasteiger partial charge in [-0.1, -0.05) is 12.1 Å². The zero-order chi connectivity index (χ0) is 17.7. The number of nitrogens with zero attached hydrogens (tertiary/aromatic N) is 1. The summed E-state index contributed by atoms with van der Waals surface area (Å²) in [5.74, 6) is -2.63. The number of anilines is 1. The minimum atomic E-state index is -1.41. The molecule has 1 aromatic carbocycles. The Morgan fingerprint density at radius 2 is 1.96 bits per heavy atom. The Balaban J connectivity index is 2.08. The summed E-state index contributed by atoms with van der Waals surface area (Å²) in [7, 11) is 0. The minimum Gasteiger partial charge on any atom is -0.352 e. The Bertz CT molecular complexity index is 689. The summed E-state index contributed by atoms with van der Waals surface area (Å²) in [6, 6.07) is 7.66. The molecule has 1 saturated carbocycles. The van der Waals surface area contributed by atoms with Gasteiger partial charge in [0.05, 0.1) is 6.07 Å². The number of urea groups is 1. The van der Waals surface area contributed by atoms with Gasteiger partial charge in [-0.2, -0.15) is 5.26 Å². The van der Waals surface area contributed by atoms with Crippen LogP contribution >= 0.6 is 0 Å². The Hall–Kier alpha value is -2.88. The molecule has 1 aliphatic rings. The van der Waals surface area contributed by atoms with E-state index in [4.69, 9.17) is 5.26 Å². The van der Waals surface area contributed by atoms with Gasteiger partial charge in [0.1, 0.15) is 0 Å². The Morgan fingerprint density at radius 3 is 2.54 bits per heavy atom. The van der Waals surface area contributed by atoms with Crippen LogP contribution in [0.2, 0.25) is 0 Å². The maximum atomic E-state index is 12.4. The SMILES string of the molecule is CC(C)NC(=O)[C@H](C#N)C(=O)c1cccc(NC(=O)NC2CC2)c1. The molecule has 0 heterocycles. The zero-order valence-corrected chi connectivity index (χ0v) is 13.6. The largest absolute Gasteiger partial charge is 0.352 e. The standard InChI is InChI=1S/C17H20N4O3/c1-10(2)19-16(23)14(9-18)15(22)11-4-3-5-13(8-11)21-17(24)20-12-6-7-12/h3-5,8,10,12,14H,6-7H2,1-2H3,(H,19,23)(H2,20,21,24)/t14-/m1/s1. The molecule has 0 radical (unpaired) electrons. The predicted octanol–water partition coefficient (Wildman–Crippen LogP) is 1.82. The number of carbonyl (C=O) groups excluding carboxylic acids is 3. The van der Waals surface area contributed by atoms with Crippen LogP contribution in [0.3, 0.4) is 0 Å². The van der Waals surface area contributed by atoms with Crippen molar-refractivity contribution in [1.82, 2.24) is 10.6 Å². The van der Waals surface area contributed by atoms with Gasteiger partial charge in [-0.05, 0) is 38.8 Å². The van der Waals surface area contributed by atoms with E-state index in [2.05, 4.69) is 16.0 Å². The van der Waals surface area contributed by atoms with Crippen LogP contribution in [0.15, 0.2) is 24.3 Å². The third kappa shape index (κ3) is 4.81.